The van der Waals surface area contributed by atoms with Crippen LogP contribution in [0.25, 0.3) is 0 Å². The van der Waals surface area contributed by atoms with Crippen LogP contribution in [0.4, 0.5) is 0 Å². The summed E-state index contributed by atoms with van der Waals surface area (Å²) >= 11 is 0. The molecule has 1 aromatic rings. The smallest absolute Gasteiger partial charge is 0.234 e. The number of nitrogens with one attached hydrogen (secondary N) is 2. The van der Waals surface area contributed by atoms with E-state index in [0.29, 0.717) is 13.1 Å². The summed E-state index contributed by atoms with van der Waals surface area (Å²) in [7, 11) is 4.00. The summed E-state index contributed by atoms with van der Waals surface area (Å²) in [6, 6.07) is 3.64. The molecule has 1 heterocycles. The van der Waals surface area contributed by atoms with Crippen LogP contribution in [0, 0.1) is 0 Å². The molecule has 1 amide bonds. The fourth-order valence-electron chi connectivity index (χ4n) is 1.17. The Bertz CT molecular complexity index is 296. The largest absolute Gasteiger partial charge is 0.467 e. The lowest BCUT2D eigenvalue weighted by atomic mass is 10.4. The number of hydrogen-bond donors (Lipinski definition) is 2. The average Bonchev–Trinajstić information content (AvgIpc) is 2.74. The van der Waals surface area contributed by atoms with Crippen molar-refractivity contribution in [3.8, 4) is 0 Å². The zero-order valence-corrected chi connectivity index (χ0v) is 9.82. The number of likely N-dealkylation sites (N-methyl/N-ethyl adjacent to an activating group) is 1. The SMILES string of the molecule is CN(C)CCNCC(=O)NCc1ccco1. The van der Waals surface area contributed by atoms with E-state index in [-0.39, 0.29) is 5.91 Å². The molecular weight excluding hydrogens is 206 g/mol. The van der Waals surface area contributed by atoms with Gasteiger partial charge in [0.1, 0.15) is 5.76 Å². The Morgan fingerprint density at radius 2 is 2.31 bits per heavy atom. The van der Waals surface area contributed by atoms with E-state index >= 15 is 0 Å². The first-order valence-corrected chi connectivity index (χ1v) is 5.33. The van der Waals surface area contributed by atoms with Gasteiger partial charge in [-0.1, -0.05) is 0 Å². The molecule has 0 unspecified atom stereocenters. The van der Waals surface area contributed by atoms with E-state index in [0.717, 1.165) is 18.8 Å². The summed E-state index contributed by atoms with van der Waals surface area (Å²) < 4.78 is 5.10. The predicted octanol–water partition coefficient (Wildman–Crippen LogP) is 0.0470. The summed E-state index contributed by atoms with van der Waals surface area (Å²) in [5.41, 5.74) is 0. The average molecular weight is 225 g/mol. The Balaban J connectivity index is 2.03. The van der Waals surface area contributed by atoms with Gasteiger partial charge in [-0.2, -0.15) is 0 Å². The highest BCUT2D eigenvalue weighted by Gasteiger charge is 2.01. The van der Waals surface area contributed by atoms with Crippen LogP contribution < -0.4 is 10.6 Å². The second kappa shape index (κ2) is 7.03. The molecule has 0 bridgehead atoms. The van der Waals surface area contributed by atoms with Gasteiger partial charge >= 0.3 is 0 Å². The summed E-state index contributed by atoms with van der Waals surface area (Å²) in [6.07, 6.45) is 1.59. The van der Waals surface area contributed by atoms with Crippen molar-refractivity contribution < 1.29 is 9.21 Å². The molecule has 1 aromatic heterocycles. The lowest BCUT2D eigenvalue weighted by Crippen LogP contribution is -2.36. The minimum absolute atomic E-state index is 0.0184. The number of nitrogens with zero attached hydrogens (tertiary/aromatic N) is 1. The molecule has 16 heavy (non-hydrogen) atoms. The van der Waals surface area contributed by atoms with Crippen LogP contribution in [0.2, 0.25) is 0 Å². The molecule has 0 aliphatic heterocycles. The zero-order valence-electron chi connectivity index (χ0n) is 9.82. The van der Waals surface area contributed by atoms with Gasteiger partial charge in [0.15, 0.2) is 0 Å². The second-order valence-electron chi connectivity index (χ2n) is 3.84. The molecule has 1 rings (SSSR count). The normalized spacial score (nSPS) is 10.7. The third-order valence-electron chi connectivity index (χ3n) is 2.06. The van der Waals surface area contributed by atoms with Crippen molar-refractivity contribution in [1.29, 1.82) is 0 Å². The molecule has 5 heteroatoms. The van der Waals surface area contributed by atoms with Crippen molar-refractivity contribution in [3.05, 3.63) is 24.2 Å². The summed E-state index contributed by atoms with van der Waals surface area (Å²) in [5, 5.41) is 5.83. The van der Waals surface area contributed by atoms with Crippen molar-refractivity contribution in [2.45, 2.75) is 6.54 Å². The van der Waals surface area contributed by atoms with Crippen molar-refractivity contribution in [2.75, 3.05) is 33.7 Å². The van der Waals surface area contributed by atoms with Gasteiger partial charge in [-0.05, 0) is 26.2 Å². The molecule has 0 fully saturated rings. The van der Waals surface area contributed by atoms with Gasteiger partial charge in [0, 0.05) is 13.1 Å². The lowest BCUT2D eigenvalue weighted by Gasteiger charge is -2.10. The van der Waals surface area contributed by atoms with Gasteiger partial charge in [0.25, 0.3) is 0 Å². The molecule has 0 atom stereocenters. The lowest BCUT2D eigenvalue weighted by molar-refractivity contribution is -0.120. The van der Waals surface area contributed by atoms with Crippen molar-refractivity contribution in [3.63, 3.8) is 0 Å². The van der Waals surface area contributed by atoms with Crippen LogP contribution in [0.15, 0.2) is 22.8 Å². The van der Waals surface area contributed by atoms with Crippen LogP contribution in [0.3, 0.4) is 0 Å². The zero-order chi connectivity index (χ0) is 11.8. The van der Waals surface area contributed by atoms with Crippen LogP contribution in [-0.2, 0) is 11.3 Å². The number of hydrogen-bond acceptors (Lipinski definition) is 4. The summed E-state index contributed by atoms with van der Waals surface area (Å²) in [5.74, 6) is 0.747. The van der Waals surface area contributed by atoms with E-state index in [1.165, 1.54) is 0 Å². The number of carbonyl (C=O) groups excluding carboxylic acids is 1. The molecule has 2 N–H and O–H groups in total. The predicted molar refractivity (Wildman–Crippen MR) is 62.0 cm³/mol. The molecule has 0 spiro atoms. The van der Waals surface area contributed by atoms with Crippen LogP contribution in [0.5, 0.6) is 0 Å². The maximum absolute atomic E-state index is 11.4. The van der Waals surface area contributed by atoms with Gasteiger partial charge in [0.2, 0.25) is 5.91 Å². The fourth-order valence-corrected chi connectivity index (χ4v) is 1.17. The topological polar surface area (TPSA) is 57.5 Å². The quantitative estimate of drug-likeness (QED) is 0.644. The second-order valence-corrected chi connectivity index (χ2v) is 3.84. The third-order valence-corrected chi connectivity index (χ3v) is 2.06. The molecule has 5 nitrogen and oxygen atoms in total. The molecule has 90 valence electrons. The first kappa shape index (κ1) is 12.7. The number of rotatable bonds is 7. The third kappa shape index (κ3) is 5.53. The van der Waals surface area contributed by atoms with Crippen LogP contribution in [-0.4, -0.2) is 44.5 Å². The number of carbonyl (C=O) groups is 1. The van der Waals surface area contributed by atoms with E-state index in [2.05, 4.69) is 15.5 Å². The Morgan fingerprint density at radius 1 is 1.50 bits per heavy atom. The van der Waals surface area contributed by atoms with Crippen LogP contribution >= 0.6 is 0 Å². The van der Waals surface area contributed by atoms with E-state index in [1.807, 2.05) is 20.2 Å². The Morgan fingerprint density at radius 3 is 2.94 bits per heavy atom. The first-order chi connectivity index (χ1) is 7.68. The summed E-state index contributed by atoms with van der Waals surface area (Å²) in [4.78, 5) is 13.4. The molecule has 0 radical (unpaired) electrons. The molecule has 0 aromatic carbocycles. The van der Waals surface area contributed by atoms with E-state index in [9.17, 15) is 4.79 Å². The highest BCUT2D eigenvalue weighted by atomic mass is 16.3. The minimum Gasteiger partial charge on any atom is -0.467 e. The Labute approximate surface area is 95.8 Å². The van der Waals surface area contributed by atoms with E-state index in [4.69, 9.17) is 4.42 Å². The van der Waals surface area contributed by atoms with Gasteiger partial charge in [-0.3, -0.25) is 4.79 Å². The maximum Gasteiger partial charge on any atom is 0.234 e. The van der Waals surface area contributed by atoms with E-state index < -0.39 is 0 Å². The fraction of sp³-hybridized carbons (Fsp3) is 0.545. The van der Waals surface area contributed by atoms with Crippen LogP contribution in [0.1, 0.15) is 5.76 Å². The Kier molecular flexibility index (Phi) is 5.60. The molecular formula is C11H19N3O2. The summed E-state index contributed by atoms with van der Waals surface area (Å²) in [6.45, 7) is 2.52. The van der Waals surface area contributed by atoms with E-state index in [1.54, 1.807) is 12.3 Å². The van der Waals surface area contributed by atoms with Gasteiger partial charge < -0.3 is 20.0 Å². The minimum atomic E-state index is -0.0184. The molecule has 0 saturated heterocycles. The van der Waals surface area contributed by atoms with Crippen molar-refractivity contribution in [2.24, 2.45) is 0 Å². The maximum atomic E-state index is 11.4. The van der Waals surface area contributed by atoms with Gasteiger partial charge in [-0.15, -0.1) is 0 Å². The number of furan rings is 1. The highest BCUT2D eigenvalue weighted by molar-refractivity contribution is 5.77. The number of amides is 1. The Hall–Kier alpha value is -1.33. The molecule has 0 aliphatic carbocycles. The highest BCUT2D eigenvalue weighted by Crippen LogP contribution is 1.97. The first-order valence-electron chi connectivity index (χ1n) is 5.33. The monoisotopic (exact) mass is 225 g/mol. The van der Waals surface area contributed by atoms with Crippen molar-refractivity contribution in [1.82, 2.24) is 15.5 Å². The van der Waals surface area contributed by atoms with Gasteiger partial charge in [-0.25, -0.2) is 0 Å². The van der Waals surface area contributed by atoms with Gasteiger partial charge in [0.05, 0.1) is 19.4 Å². The standard InChI is InChI=1S/C11H19N3O2/c1-14(2)6-5-12-9-11(15)13-8-10-4-3-7-16-10/h3-4,7,12H,5-6,8-9H2,1-2H3,(H,13,15). The van der Waals surface area contributed by atoms with Crippen molar-refractivity contribution >= 4 is 5.91 Å². The molecule has 0 saturated carbocycles. The molecule has 0 aliphatic rings.